The number of rotatable bonds is 4. The number of ketones is 1. The fourth-order valence-corrected chi connectivity index (χ4v) is 3.60. The molecule has 1 N–H and O–H groups in total. The topological polar surface area (TPSA) is 68.7 Å². The van der Waals surface area contributed by atoms with E-state index in [0.717, 1.165) is 11.6 Å². The van der Waals surface area contributed by atoms with Gasteiger partial charge < -0.3 is 14.6 Å². The Balaban J connectivity index is 2.06. The number of carbonyl (C=O) groups is 1. The summed E-state index contributed by atoms with van der Waals surface area (Å²) in [6.07, 6.45) is 1.86. The highest BCUT2D eigenvalue weighted by Crippen LogP contribution is 2.41. The number of Topliss-reactive ketones (excluding diaryl/α,β-unsaturated/α-hetero) is 1. The molecule has 2 heterocycles. The number of halogens is 2. The van der Waals surface area contributed by atoms with Crippen molar-refractivity contribution in [3.63, 3.8) is 0 Å². The zero-order chi connectivity index (χ0) is 21.6. The highest BCUT2D eigenvalue weighted by atomic mass is 35.5. The molecular formula is C22H23ClFNO4. The monoisotopic (exact) mass is 419 g/mol. The maximum Gasteiger partial charge on any atom is 0.255 e. The number of aromatic nitrogens is 1. The summed E-state index contributed by atoms with van der Waals surface area (Å²) in [5.74, 6) is -0.935. The van der Waals surface area contributed by atoms with E-state index in [2.05, 4.69) is 4.98 Å². The lowest BCUT2D eigenvalue weighted by Gasteiger charge is -2.40. The quantitative estimate of drug-likeness (QED) is 0.693. The molecular weight excluding hydrogens is 397 g/mol. The lowest BCUT2D eigenvalue weighted by molar-refractivity contribution is -0.158. The Morgan fingerprint density at radius 2 is 1.90 bits per heavy atom. The zero-order valence-electron chi connectivity index (χ0n) is 17.0. The van der Waals surface area contributed by atoms with Gasteiger partial charge in [0.2, 0.25) is 0 Å². The van der Waals surface area contributed by atoms with Gasteiger partial charge in [0.25, 0.3) is 5.88 Å². The third-order valence-corrected chi connectivity index (χ3v) is 5.01. The highest BCUT2D eigenvalue weighted by Gasteiger charge is 2.47. The van der Waals surface area contributed by atoms with Crippen molar-refractivity contribution < 1.29 is 23.8 Å². The third-order valence-electron chi connectivity index (χ3n) is 4.81. The van der Waals surface area contributed by atoms with Crippen LogP contribution in [0, 0.1) is 5.82 Å². The van der Waals surface area contributed by atoms with Gasteiger partial charge in [-0.05, 0) is 63.4 Å². The van der Waals surface area contributed by atoms with Crippen LogP contribution in [0.4, 0.5) is 4.39 Å². The average molecular weight is 420 g/mol. The molecule has 0 aliphatic carbocycles. The Bertz CT molecular complexity index is 1010. The molecule has 29 heavy (non-hydrogen) atoms. The SMILES string of the molecule is CCc1cc(Oc2ncc(Cl)cc2F)ccc1C1=C(O)C(C)(C)OC(C)(C)C1=O. The van der Waals surface area contributed by atoms with Crippen molar-refractivity contribution in [2.45, 2.75) is 52.2 Å². The zero-order valence-corrected chi connectivity index (χ0v) is 17.7. The summed E-state index contributed by atoms with van der Waals surface area (Å²) in [5.41, 5.74) is -0.507. The standard InChI is InChI=1S/C22H23ClFNO4/c1-6-12-9-14(28-20-16(24)10-13(23)11-25-20)7-8-15(12)17-18(26)21(2,3)29-22(4,5)19(17)27/h7-11,26H,6H2,1-5H3. The molecule has 0 atom stereocenters. The van der Waals surface area contributed by atoms with Gasteiger partial charge in [0.15, 0.2) is 11.6 Å². The van der Waals surface area contributed by atoms with Crippen LogP contribution in [-0.4, -0.2) is 27.1 Å². The summed E-state index contributed by atoms with van der Waals surface area (Å²) in [5, 5.41) is 10.9. The van der Waals surface area contributed by atoms with Crippen LogP contribution >= 0.6 is 11.6 Å². The molecule has 1 aromatic heterocycles. The van der Waals surface area contributed by atoms with Crippen LogP contribution in [-0.2, 0) is 16.0 Å². The smallest absolute Gasteiger partial charge is 0.255 e. The minimum atomic E-state index is -1.08. The van der Waals surface area contributed by atoms with Crippen LogP contribution in [0.5, 0.6) is 11.6 Å². The lowest BCUT2D eigenvalue weighted by atomic mass is 9.81. The summed E-state index contributed by atoms with van der Waals surface area (Å²) >= 11 is 5.72. The fraction of sp³-hybridized carbons (Fsp3) is 0.364. The van der Waals surface area contributed by atoms with Gasteiger partial charge >= 0.3 is 0 Å². The van der Waals surface area contributed by atoms with Crippen molar-refractivity contribution in [1.29, 1.82) is 0 Å². The molecule has 0 fully saturated rings. The highest BCUT2D eigenvalue weighted by molar-refractivity contribution is 6.30. The van der Waals surface area contributed by atoms with Gasteiger partial charge in [-0.3, -0.25) is 4.79 Å². The van der Waals surface area contributed by atoms with E-state index in [1.165, 1.54) is 6.20 Å². The second kappa shape index (κ2) is 7.43. The summed E-state index contributed by atoms with van der Waals surface area (Å²) in [7, 11) is 0. The molecule has 1 aromatic carbocycles. The molecule has 1 aliphatic rings. The second-order valence-corrected chi connectivity index (χ2v) is 8.33. The van der Waals surface area contributed by atoms with Crippen molar-refractivity contribution >= 4 is 23.0 Å². The van der Waals surface area contributed by atoms with E-state index in [1.54, 1.807) is 45.9 Å². The van der Waals surface area contributed by atoms with Crippen LogP contribution in [0.2, 0.25) is 5.02 Å². The number of nitrogens with zero attached hydrogens (tertiary/aromatic N) is 1. The molecule has 0 saturated carbocycles. The van der Waals surface area contributed by atoms with E-state index < -0.39 is 17.0 Å². The Labute approximate surface area is 174 Å². The number of benzene rings is 1. The molecule has 2 aromatic rings. The molecule has 0 unspecified atom stereocenters. The van der Waals surface area contributed by atoms with Gasteiger partial charge in [0, 0.05) is 6.20 Å². The summed E-state index contributed by atoms with van der Waals surface area (Å²) in [6, 6.07) is 6.11. The maximum atomic E-state index is 14.0. The molecule has 0 spiro atoms. The average Bonchev–Trinajstić information content (AvgIpc) is 2.63. The first-order chi connectivity index (χ1) is 13.5. The molecule has 7 heteroatoms. The van der Waals surface area contributed by atoms with Crippen LogP contribution in [0.15, 0.2) is 36.2 Å². The number of aryl methyl sites for hydroxylation is 1. The first-order valence-corrected chi connectivity index (χ1v) is 9.65. The van der Waals surface area contributed by atoms with E-state index in [9.17, 15) is 14.3 Å². The predicted octanol–water partition coefficient (Wildman–Crippen LogP) is 5.65. The van der Waals surface area contributed by atoms with Gasteiger partial charge in [0.1, 0.15) is 22.7 Å². The Hall–Kier alpha value is -2.44. The number of carbonyl (C=O) groups excluding carboxylic acids is 1. The summed E-state index contributed by atoms with van der Waals surface area (Å²) in [6.45, 7) is 8.72. The summed E-state index contributed by atoms with van der Waals surface area (Å²) < 4.78 is 25.3. The van der Waals surface area contributed by atoms with E-state index in [-0.39, 0.29) is 28.0 Å². The Kier molecular flexibility index (Phi) is 5.45. The minimum Gasteiger partial charge on any atom is -0.508 e. The second-order valence-electron chi connectivity index (χ2n) is 7.89. The number of aliphatic hydroxyl groups excluding tert-OH is 1. The largest absolute Gasteiger partial charge is 0.508 e. The van der Waals surface area contributed by atoms with Crippen molar-refractivity contribution in [1.82, 2.24) is 4.98 Å². The molecule has 5 nitrogen and oxygen atoms in total. The van der Waals surface area contributed by atoms with Crippen LogP contribution in [0.3, 0.4) is 0 Å². The Morgan fingerprint density at radius 1 is 1.21 bits per heavy atom. The van der Waals surface area contributed by atoms with Crippen LogP contribution in [0.1, 0.15) is 45.7 Å². The third kappa shape index (κ3) is 4.00. The maximum absolute atomic E-state index is 14.0. The fourth-order valence-electron chi connectivity index (χ4n) is 3.45. The molecule has 3 rings (SSSR count). The van der Waals surface area contributed by atoms with Crippen molar-refractivity contribution in [3.05, 3.63) is 58.2 Å². The molecule has 0 saturated heterocycles. The van der Waals surface area contributed by atoms with Gasteiger partial charge in [-0.25, -0.2) is 9.37 Å². The van der Waals surface area contributed by atoms with E-state index in [1.807, 2.05) is 6.92 Å². The normalized spacial score (nSPS) is 18.1. The predicted molar refractivity (Wildman–Crippen MR) is 109 cm³/mol. The van der Waals surface area contributed by atoms with Gasteiger partial charge in [-0.15, -0.1) is 0 Å². The Morgan fingerprint density at radius 3 is 2.52 bits per heavy atom. The van der Waals surface area contributed by atoms with Crippen molar-refractivity contribution in [2.75, 3.05) is 0 Å². The molecule has 0 bridgehead atoms. The van der Waals surface area contributed by atoms with Crippen molar-refractivity contribution in [3.8, 4) is 11.6 Å². The van der Waals surface area contributed by atoms with E-state index in [4.69, 9.17) is 21.1 Å². The van der Waals surface area contributed by atoms with Crippen LogP contribution in [0.25, 0.3) is 5.57 Å². The minimum absolute atomic E-state index is 0.115. The number of pyridine rings is 1. The van der Waals surface area contributed by atoms with Gasteiger partial charge in [0.05, 0.1) is 10.6 Å². The number of ether oxygens (including phenoxy) is 2. The van der Waals surface area contributed by atoms with Gasteiger partial charge in [-0.1, -0.05) is 24.6 Å². The van der Waals surface area contributed by atoms with Crippen molar-refractivity contribution in [2.24, 2.45) is 0 Å². The molecule has 0 amide bonds. The first-order valence-electron chi connectivity index (χ1n) is 9.27. The van der Waals surface area contributed by atoms with E-state index >= 15 is 0 Å². The number of hydrogen-bond donors (Lipinski definition) is 1. The number of aliphatic hydroxyl groups is 1. The lowest BCUT2D eigenvalue weighted by Crippen LogP contribution is -2.49. The van der Waals surface area contributed by atoms with Gasteiger partial charge in [-0.2, -0.15) is 0 Å². The summed E-state index contributed by atoms with van der Waals surface area (Å²) in [4.78, 5) is 16.9. The number of hydrogen-bond acceptors (Lipinski definition) is 5. The first kappa shape index (κ1) is 21.3. The molecule has 154 valence electrons. The molecule has 0 radical (unpaired) electrons. The van der Waals surface area contributed by atoms with Crippen LogP contribution < -0.4 is 4.74 Å². The van der Waals surface area contributed by atoms with E-state index in [0.29, 0.717) is 17.7 Å². The molecule has 1 aliphatic heterocycles.